The number of anilines is 1. The summed E-state index contributed by atoms with van der Waals surface area (Å²) in [5, 5.41) is 13.7. The lowest BCUT2D eigenvalue weighted by molar-refractivity contribution is 0.475. The molecule has 18 heavy (non-hydrogen) atoms. The van der Waals surface area contributed by atoms with Crippen molar-refractivity contribution in [3.63, 3.8) is 0 Å². The number of nitrogens with two attached hydrogens (primary N) is 1. The minimum atomic E-state index is 0.218. The van der Waals surface area contributed by atoms with Gasteiger partial charge in [-0.25, -0.2) is 9.50 Å². The maximum atomic E-state index is 9.28. The minimum Gasteiger partial charge on any atom is -0.508 e. The number of benzene rings is 1. The first-order chi connectivity index (χ1) is 8.65. The Kier molecular flexibility index (Phi) is 2.19. The van der Waals surface area contributed by atoms with Crippen molar-refractivity contribution in [3.05, 3.63) is 42.2 Å². The maximum absolute atomic E-state index is 9.28. The molecule has 2 heterocycles. The summed E-state index contributed by atoms with van der Waals surface area (Å²) in [5.41, 5.74) is 9.78. The van der Waals surface area contributed by atoms with Gasteiger partial charge in [0.25, 0.3) is 0 Å². The molecule has 0 saturated heterocycles. The number of phenols is 1. The van der Waals surface area contributed by atoms with Crippen molar-refractivity contribution in [2.75, 3.05) is 5.73 Å². The Morgan fingerprint density at radius 3 is 2.67 bits per heavy atom. The van der Waals surface area contributed by atoms with Crippen LogP contribution < -0.4 is 5.73 Å². The highest BCUT2D eigenvalue weighted by atomic mass is 16.3. The fourth-order valence-corrected chi connectivity index (χ4v) is 1.88. The quantitative estimate of drug-likeness (QED) is 0.682. The Morgan fingerprint density at radius 2 is 1.94 bits per heavy atom. The van der Waals surface area contributed by atoms with Crippen LogP contribution in [0.3, 0.4) is 0 Å². The van der Waals surface area contributed by atoms with E-state index < -0.39 is 0 Å². The van der Waals surface area contributed by atoms with Crippen LogP contribution in [0.15, 0.2) is 36.7 Å². The molecule has 5 heteroatoms. The van der Waals surface area contributed by atoms with E-state index in [1.807, 2.05) is 13.1 Å². The molecule has 3 aromatic rings. The Hall–Kier alpha value is -2.56. The standard InChI is InChI=1S/C13H12N4O/c1-8-6-15-13-11(14)12(16-17(13)7-8)9-2-4-10(18)5-3-9/h2-7,18H,14H2,1H3. The highest BCUT2D eigenvalue weighted by Crippen LogP contribution is 2.28. The summed E-state index contributed by atoms with van der Waals surface area (Å²) in [6.07, 6.45) is 3.64. The van der Waals surface area contributed by atoms with E-state index in [0.717, 1.165) is 11.1 Å². The number of hydrogen-bond acceptors (Lipinski definition) is 4. The van der Waals surface area contributed by atoms with E-state index in [1.165, 1.54) is 0 Å². The van der Waals surface area contributed by atoms with Gasteiger partial charge in [0.1, 0.15) is 17.1 Å². The fourth-order valence-electron chi connectivity index (χ4n) is 1.88. The Labute approximate surface area is 104 Å². The molecule has 1 aromatic carbocycles. The van der Waals surface area contributed by atoms with Crippen molar-refractivity contribution in [2.45, 2.75) is 6.92 Å². The predicted octanol–water partition coefficient (Wildman–Crippen LogP) is 1.99. The molecule has 5 nitrogen and oxygen atoms in total. The van der Waals surface area contributed by atoms with Crippen molar-refractivity contribution < 1.29 is 5.11 Å². The third-order valence-corrected chi connectivity index (χ3v) is 2.78. The van der Waals surface area contributed by atoms with E-state index in [4.69, 9.17) is 5.73 Å². The van der Waals surface area contributed by atoms with Gasteiger partial charge in [-0.1, -0.05) is 0 Å². The smallest absolute Gasteiger partial charge is 0.178 e. The van der Waals surface area contributed by atoms with Crippen LogP contribution in [0.4, 0.5) is 5.69 Å². The highest BCUT2D eigenvalue weighted by molar-refractivity contribution is 5.83. The summed E-state index contributed by atoms with van der Waals surface area (Å²) >= 11 is 0. The number of aromatic nitrogens is 3. The van der Waals surface area contributed by atoms with E-state index in [9.17, 15) is 5.11 Å². The van der Waals surface area contributed by atoms with Gasteiger partial charge >= 0.3 is 0 Å². The van der Waals surface area contributed by atoms with Gasteiger partial charge < -0.3 is 10.8 Å². The van der Waals surface area contributed by atoms with Crippen molar-refractivity contribution >= 4 is 11.3 Å². The van der Waals surface area contributed by atoms with Crippen LogP contribution in [0, 0.1) is 6.92 Å². The number of hydrogen-bond donors (Lipinski definition) is 2. The van der Waals surface area contributed by atoms with Gasteiger partial charge in [-0.3, -0.25) is 0 Å². The topological polar surface area (TPSA) is 76.4 Å². The molecule has 3 N–H and O–H groups in total. The number of aromatic hydroxyl groups is 1. The third-order valence-electron chi connectivity index (χ3n) is 2.78. The molecule has 0 aliphatic heterocycles. The molecule has 0 saturated carbocycles. The molecule has 0 bridgehead atoms. The summed E-state index contributed by atoms with van der Waals surface area (Å²) in [5.74, 6) is 0.218. The first kappa shape index (κ1) is 10.6. The molecule has 0 spiro atoms. The summed E-state index contributed by atoms with van der Waals surface area (Å²) in [6.45, 7) is 1.95. The summed E-state index contributed by atoms with van der Waals surface area (Å²) in [7, 11) is 0. The van der Waals surface area contributed by atoms with Crippen LogP contribution in [0.25, 0.3) is 16.9 Å². The lowest BCUT2D eigenvalue weighted by atomic mass is 10.1. The average molecular weight is 240 g/mol. The molecule has 0 unspecified atom stereocenters. The third kappa shape index (κ3) is 1.57. The molecule has 0 amide bonds. The fraction of sp³-hybridized carbons (Fsp3) is 0.0769. The van der Waals surface area contributed by atoms with E-state index in [0.29, 0.717) is 17.0 Å². The number of rotatable bonds is 1. The number of aryl methyl sites for hydroxylation is 1. The van der Waals surface area contributed by atoms with Crippen LogP contribution in [-0.4, -0.2) is 19.7 Å². The molecule has 0 fully saturated rings. The Morgan fingerprint density at radius 1 is 1.22 bits per heavy atom. The lowest BCUT2D eigenvalue weighted by Crippen LogP contribution is -1.92. The monoisotopic (exact) mass is 240 g/mol. The maximum Gasteiger partial charge on any atom is 0.178 e. The molecule has 0 aliphatic carbocycles. The zero-order chi connectivity index (χ0) is 12.7. The molecule has 0 aliphatic rings. The number of phenolic OH excluding ortho intramolecular Hbond substituents is 1. The van der Waals surface area contributed by atoms with Crippen LogP contribution in [-0.2, 0) is 0 Å². The van der Waals surface area contributed by atoms with Gasteiger partial charge in [0.05, 0.1) is 0 Å². The summed E-state index contributed by atoms with van der Waals surface area (Å²) in [6, 6.07) is 6.77. The van der Waals surface area contributed by atoms with Gasteiger partial charge in [-0.05, 0) is 36.8 Å². The van der Waals surface area contributed by atoms with Gasteiger partial charge in [0.2, 0.25) is 0 Å². The van der Waals surface area contributed by atoms with Crippen LogP contribution in [0.5, 0.6) is 5.75 Å². The average Bonchev–Trinajstić information content (AvgIpc) is 2.67. The highest BCUT2D eigenvalue weighted by Gasteiger charge is 2.12. The van der Waals surface area contributed by atoms with Crippen molar-refractivity contribution in [1.29, 1.82) is 0 Å². The van der Waals surface area contributed by atoms with Crippen molar-refractivity contribution in [3.8, 4) is 17.0 Å². The van der Waals surface area contributed by atoms with E-state index in [1.54, 1.807) is 35.0 Å². The number of fused-ring (bicyclic) bond motifs is 1. The van der Waals surface area contributed by atoms with Crippen LogP contribution >= 0.6 is 0 Å². The normalized spacial score (nSPS) is 10.9. The zero-order valence-electron chi connectivity index (χ0n) is 9.83. The second-order valence-electron chi connectivity index (χ2n) is 4.21. The Balaban J connectivity index is 2.23. The van der Waals surface area contributed by atoms with Gasteiger partial charge in [-0.15, -0.1) is 0 Å². The molecule has 3 rings (SSSR count). The largest absolute Gasteiger partial charge is 0.508 e. The first-order valence-corrected chi connectivity index (χ1v) is 5.55. The molecule has 0 atom stereocenters. The van der Waals surface area contributed by atoms with Gasteiger partial charge in [0.15, 0.2) is 5.65 Å². The lowest BCUT2D eigenvalue weighted by Gasteiger charge is -1.97. The van der Waals surface area contributed by atoms with Crippen molar-refractivity contribution in [2.24, 2.45) is 0 Å². The SMILES string of the molecule is Cc1cnc2c(N)c(-c3ccc(O)cc3)nn2c1. The van der Waals surface area contributed by atoms with E-state index in [-0.39, 0.29) is 5.75 Å². The van der Waals surface area contributed by atoms with E-state index in [2.05, 4.69) is 10.1 Å². The van der Waals surface area contributed by atoms with E-state index >= 15 is 0 Å². The molecule has 90 valence electrons. The zero-order valence-corrected chi connectivity index (χ0v) is 9.83. The number of nitrogens with zero attached hydrogens (tertiary/aromatic N) is 3. The number of nitrogen functional groups attached to an aromatic ring is 1. The first-order valence-electron chi connectivity index (χ1n) is 5.55. The van der Waals surface area contributed by atoms with Gasteiger partial charge in [0, 0.05) is 18.0 Å². The Bertz CT molecular complexity index is 716. The van der Waals surface area contributed by atoms with Gasteiger partial charge in [-0.2, -0.15) is 5.10 Å². The summed E-state index contributed by atoms with van der Waals surface area (Å²) in [4.78, 5) is 4.27. The van der Waals surface area contributed by atoms with Crippen molar-refractivity contribution in [1.82, 2.24) is 14.6 Å². The molecular formula is C13H12N4O. The van der Waals surface area contributed by atoms with Crippen LogP contribution in [0.2, 0.25) is 0 Å². The molecule has 2 aromatic heterocycles. The molecular weight excluding hydrogens is 228 g/mol. The minimum absolute atomic E-state index is 0.218. The second kappa shape index (κ2) is 3.73. The predicted molar refractivity (Wildman–Crippen MR) is 69.2 cm³/mol. The molecule has 0 radical (unpaired) electrons. The van der Waals surface area contributed by atoms with Crippen LogP contribution in [0.1, 0.15) is 5.56 Å². The second-order valence-corrected chi connectivity index (χ2v) is 4.21. The summed E-state index contributed by atoms with van der Waals surface area (Å²) < 4.78 is 1.67.